The molecule has 0 radical (unpaired) electrons. The fraction of sp³-hybridized carbons (Fsp3) is 0.312. The Labute approximate surface area is 114 Å². The molecular formula is C16H20N2O. The standard InChI is InChI=1S/C16H20N2O/c1-13-6-8-14(9-7-13)16(19)12-18(2)11-15-5-3-4-10-17-15/h3-10,16,19H,11-12H2,1-2H3. The van der Waals surface area contributed by atoms with Crippen LogP contribution in [0.2, 0.25) is 0 Å². The summed E-state index contributed by atoms with van der Waals surface area (Å²) >= 11 is 0. The highest BCUT2D eigenvalue weighted by Gasteiger charge is 2.11. The minimum absolute atomic E-state index is 0.464. The van der Waals surface area contributed by atoms with Gasteiger partial charge in [0.05, 0.1) is 11.8 Å². The van der Waals surface area contributed by atoms with Crippen molar-refractivity contribution in [2.24, 2.45) is 0 Å². The van der Waals surface area contributed by atoms with Crippen molar-refractivity contribution < 1.29 is 5.11 Å². The van der Waals surface area contributed by atoms with Crippen LogP contribution in [0.1, 0.15) is 22.9 Å². The van der Waals surface area contributed by atoms with Crippen molar-refractivity contribution in [2.75, 3.05) is 13.6 Å². The van der Waals surface area contributed by atoms with Crippen molar-refractivity contribution in [3.8, 4) is 0 Å². The number of rotatable bonds is 5. The fourth-order valence-corrected chi connectivity index (χ4v) is 2.02. The van der Waals surface area contributed by atoms with Crippen molar-refractivity contribution in [1.29, 1.82) is 0 Å². The number of hydrogen-bond donors (Lipinski definition) is 1. The maximum atomic E-state index is 10.2. The predicted molar refractivity (Wildman–Crippen MR) is 76.7 cm³/mol. The summed E-state index contributed by atoms with van der Waals surface area (Å²) in [6.07, 6.45) is 1.33. The van der Waals surface area contributed by atoms with Crippen LogP contribution in [0.5, 0.6) is 0 Å². The van der Waals surface area contributed by atoms with Crippen molar-refractivity contribution in [1.82, 2.24) is 9.88 Å². The zero-order chi connectivity index (χ0) is 13.7. The van der Waals surface area contributed by atoms with Gasteiger partial charge in [0.25, 0.3) is 0 Å². The second kappa shape index (κ2) is 6.45. The van der Waals surface area contributed by atoms with Crippen LogP contribution in [0.15, 0.2) is 48.7 Å². The molecule has 1 unspecified atom stereocenters. The third-order valence-corrected chi connectivity index (χ3v) is 3.10. The van der Waals surface area contributed by atoms with Gasteiger partial charge in [0.15, 0.2) is 0 Å². The number of aliphatic hydroxyl groups excluding tert-OH is 1. The topological polar surface area (TPSA) is 36.4 Å². The first kappa shape index (κ1) is 13.7. The zero-order valence-electron chi connectivity index (χ0n) is 11.5. The second-order valence-electron chi connectivity index (χ2n) is 4.94. The van der Waals surface area contributed by atoms with Gasteiger partial charge < -0.3 is 5.11 Å². The van der Waals surface area contributed by atoms with E-state index < -0.39 is 6.10 Å². The number of aromatic nitrogens is 1. The monoisotopic (exact) mass is 256 g/mol. The number of nitrogens with zero attached hydrogens (tertiary/aromatic N) is 2. The molecule has 0 saturated heterocycles. The molecule has 0 aliphatic heterocycles. The van der Waals surface area contributed by atoms with Crippen LogP contribution >= 0.6 is 0 Å². The highest BCUT2D eigenvalue weighted by Crippen LogP contribution is 2.15. The third kappa shape index (κ3) is 4.16. The summed E-state index contributed by atoms with van der Waals surface area (Å²) in [5.74, 6) is 0. The van der Waals surface area contributed by atoms with Crippen molar-refractivity contribution in [2.45, 2.75) is 19.6 Å². The van der Waals surface area contributed by atoms with Gasteiger partial charge in [-0.05, 0) is 31.7 Å². The molecule has 0 spiro atoms. The Kier molecular flexibility index (Phi) is 4.66. The number of aliphatic hydroxyl groups is 1. The van der Waals surface area contributed by atoms with Gasteiger partial charge in [-0.1, -0.05) is 35.9 Å². The molecule has 1 atom stereocenters. The molecular weight excluding hydrogens is 236 g/mol. The van der Waals surface area contributed by atoms with E-state index in [9.17, 15) is 5.11 Å². The molecule has 0 aliphatic carbocycles. The molecule has 2 rings (SSSR count). The molecule has 1 aromatic carbocycles. The Morgan fingerprint density at radius 1 is 1.16 bits per heavy atom. The van der Waals surface area contributed by atoms with Gasteiger partial charge in [-0.2, -0.15) is 0 Å². The Balaban J connectivity index is 1.91. The first-order valence-electron chi connectivity index (χ1n) is 6.48. The van der Waals surface area contributed by atoms with E-state index in [2.05, 4.69) is 9.88 Å². The average Bonchev–Trinajstić information content (AvgIpc) is 2.40. The SMILES string of the molecule is Cc1ccc(C(O)CN(C)Cc2ccccn2)cc1. The Morgan fingerprint density at radius 2 is 1.89 bits per heavy atom. The Morgan fingerprint density at radius 3 is 2.53 bits per heavy atom. The summed E-state index contributed by atoms with van der Waals surface area (Å²) in [6.45, 7) is 3.38. The molecule has 3 nitrogen and oxygen atoms in total. The van der Waals surface area contributed by atoms with Crippen LogP contribution in [0.4, 0.5) is 0 Å². The van der Waals surface area contributed by atoms with Crippen molar-refractivity contribution >= 4 is 0 Å². The summed E-state index contributed by atoms with van der Waals surface area (Å²) in [7, 11) is 1.99. The van der Waals surface area contributed by atoms with E-state index in [-0.39, 0.29) is 0 Å². The molecule has 19 heavy (non-hydrogen) atoms. The van der Waals surface area contributed by atoms with Crippen LogP contribution in [0.3, 0.4) is 0 Å². The minimum atomic E-state index is -0.464. The van der Waals surface area contributed by atoms with Gasteiger partial charge in [-0.15, -0.1) is 0 Å². The van der Waals surface area contributed by atoms with Crippen LogP contribution < -0.4 is 0 Å². The van der Waals surface area contributed by atoms with Crippen LogP contribution in [0, 0.1) is 6.92 Å². The zero-order valence-corrected chi connectivity index (χ0v) is 11.5. The van der Waals surface area contributed by atoms with E-state index in [4.69, 9.17) is 0 Å². The molecule has 0 amide bonds. The lowest BCUT2D eigenvalue weighted by atomic mass is 10.1. The number of aryl methyl sites for hydroxylation is 1. The number of likely N-dealkylation sites (N-methyl/N-ethyl adjacent to an activating group) is 1. The Hall–Kier alpha value is -1.71. The highest BCUT2D eigenvalue weighted by atomic mass is 16.3. The van der Waals surface area contributed by atoms with Gasteiger partial charge in [0.2, 0.25) is 0 Å². The van der Waals surface area contributed by atoms with E-state index in [0.717, 1.165) is 17.8 Å². The largest absolute Gasteiger partial charge is 0.387 e. The lowest BCUT2D eigenvalue weighted by Gasteiger charge is -2.20. The molecule has 100 valence electrons. The van der Waals surface area contributed by atoms with Crippen LogP contribution in [-0.4, -0.2) is 28.6 Å². The molecule has 0 aliphatic rings. The summed E-state index contributed by atoms with van der Waals surface area (Å²) in [5.41, 5.74) is 3.18. The number of hydrogen-bond acceptors (Lipinski definition) is 3. The molecule has 0 fully saturated rings. The smallest absolute Gasteiger partial charge is 0.0916 e. The predicted octanol–water partition coefficient (Wildman–Crippen LogP) is 2.56. The van der Waals surface area contributed by atoms with Gasteiger partial charge in [0, 0.05) is 19.3 Å². The first-order valence-corrected chi connectivity index (χ1v) is 6.48. The van der Waals surface area contributed by atoms with E-state index in [1.165, 1.54) is 5.56 Å². The second-order valence-corrected chi connectivity index (χ2v) is 4.94. The van der Waals surface area contributed by atoms with Gasteiger partial charge in [-0.25, -0.2) is 0 Å². The van der Waals surface area contributed by atoms with Crippen molar-refractivity contribution in [3.63, 3.8) is 0 Å². The molecule has 3 heteroatoms. The molecule has 2 aromatic rings. The van der Waals surface area contributed by atoms with Crippen LogP contribution in [0.25, 0.3) is 0 Å². The van der Waals surface area contributed by atoms with E-state index in [1.807, 2.05) is 56.4 Å². The number of benzene rings is 1. The third-order valence-electron chi connectivity index (χ3n) is 3.10. The molecule has 0 saturated carbocycles. The Bertz CT molecular complexity index is 496. The van der Waals surface area contributed by atoms with E-state index in [1.54, 1.807) is 6.20 Å². The molecule has 0 bridgehead atoms. The number of pyridine rings is 1. The summed E-state index contributed by atoms with van der Waals surface area (Å²) in [5, 5.41) is 10.2. The average molecular weight is 256 g/mol. The highest BCUT2D eigenvalue weighted by molar-refractivity contribution is 5.23. The minimum Gasteiger partial charge on any atom is -0.387 e. The van der Waals surface area contributed by atoms with Crippen LogP contribution in [-0.2, 0) is 6.54 Å². The fourth-order valence-electron chi connectivity index (χ4n) is 2.02. The van der Waals surface area contributed by atoms with Crippen molar-refractivity contribution in [3.05, 3.63) is 65.5 Å². The maximum absolute atomic E-state index is 10.2. The first-order chi connectivity index (χ1) is 9.15. The summed E-state index contributed by atoms with van der Waals surface area (Å²) < 4.78 is 0. The lowest BCUT2D eigenvalue weighted by Crippen LogP contribution is -2.24. The summed E-state index contributed by atoms with van der Waals surface area (Å²) in [6, 6.07) is 13.9. The molecule has 1 N–H and O–H groups in total. The van der Waals surface area contributed by atoms with E-state index in [0.29, 0.717) is 6.54 Å². The van der Waals surface area contributed by atoms with Gasteiger partial charge in [-0.3, -0.25) is 9.88 Å². The van der Waals surface area contributed by atoms with Gasteiger partial charge in [0.1, 0.15) is 0 Å². The molecule has 1 aromatic heterocycles. The maximum Gasteiger partial charge on any atom is 0.0916 e. The van der Waals surface area contributed by atoms with E-state index >= 15 is 0 Å². The molecule has 1 heterocycles. The summed E-state index contributed by atoms with van der Waals surface area (Å²) in [4.78, 5) is 6.36. The lowest BCUT2D eigenvalue weighted by molar-refractivity contribution is 0.123. The van der Waals surface area contributed by atoms with Gasteiger partial charge >= 0.3 is 0 Å². The quantitative estimate of drug-likeness (QED) is 0.893. The normalized spacial score (nSPS) is 12.6.